The average Bonchev–Trinajstić information content (AvgIpc) is 2.65. The van der Waals surface area contributed by atoms with Crippen LogP contribution in [-0.2, 0) is 17.9 Å². The number of hydrogen-bond acceptors (Lipinski definition) is 4. The standard InChI is InChI=1S/C19H18N2O4/c1-25-12-15-11-21(10-13-5-3-2-4-6-13)19(23)17-9-14(18(22)20-24)7-8-16(15)17/h2-9,11,24H,10,12H2,1H3,(H,20,22). The maximum atomic E-state index is 12.9. The highest BCUT2D eigenvalue weighted by Crippen LogP contribution is 2.19. The van der Waals surface area contributed by atoms with E-state index in [4.69, 9.17) is 9.94 Å². The molecule has 0 aliphatic heterocycles. The molecule has 0 fully saturated rings. The molecule has 1 amide bonds. The van der Waals surface area contributed by atoms with Crippen LogP contribution in [0.5, 0.6) is 0 Å². The predicted octanol–water partition coefficient (Wildman–Crippen LogP) is 2.32. The van der Waals surface area contributed by atoms with E-state index in [1.807, 2.05) is 30.3 Å². The first-order chi connectivity index (χ1) is 12.1. The van der Waals surface area contributed by atoms with Crippen LogP contribution in [0.3, 0.4) is 0 Å². The van der Waals surface area contributed by atoms with Crippen molar-refractivity contribution in [1.29, 1.82) is 0 Å². The Bertz CT molecular complexity index is 964. The number of aromatic nitrogens is 1. The maximum Gasteiger partial charge on any atom is 0.274 e. The molecule has 0 bridgehead atoms. The van der Waals surface area contributed by atoms with Gasteiger partial charge in [-0.3, -0.25) is 14.8 Å². The van der Waals surface area contributed by atoms with E-state index in [0.717, 1.165) is 16.5 Å². The van der Waals surface area contributed by atoms with Gasteiger partial charge in [0.15, 0.2) is 0 Å². The molecule has 0 unspecified atom stereocenters. The van der Waals surface area contributed by atoms with Gasteiger partial charge in [-0.25, -0.2) is 5.48 Å². The molecular formula is C19H18N2O4. The molecule has 6 nitrogen and oxygen atoms in total. The first kappa shape index (κ1) is 16.9. The number of nitrogens with one attached hydrogen (secondary N) is 1. The summed E-state index contributed by atoms with van der Waals surface area (Å²) in [6.45, 7) is 0.764. The lowest BCUT2D eigenvalue weighted by atomic mass is 10.0. The normalized spacial score (nSPS) is 10.8. The first-order valence-electron chi connectivity index (χ1n) is 7.77. The number of benzene rings is 2. The van der Waals surface area contributed by atoms with Gasteiger partial charge in [0.25, 0.3) is 11.5 Å². The van der Waals surface area contributed by atoms with Crippen LogP contribution in [0.2, 0.25) is 0 Å². The summed E-state index contributed by atoms with van der Waals surface area (Å²) in [5.74, 6) is -0.659. The van der Waals surface area contributed by atoms with Gasteiger partial charge in [0, 0.05) is 29.8 Å². The van der Waals surface area contributed by atoms with Crippen LogP contribution in [0.25, 0.3) is 10.8 Å². The van der Waals surface area contributed by atoms with Crippen molar-refractivity contribution in [2.45, 2.75) is 13.2 Å². The van der Waals surface area contributed by atoms with Gasteiger partial charge < -0.3 is 9.30 Å². The molecule has 128 valence electrons. The minimum absolute atomic E-state index is 0.203. The Hall–Kier alpha value is -2.96. The number of hydrogen-bond donors (Lipinski definition) is 2. The number of amides is 1. The van der Waals surface area contributed by atoms with Gasteiger partial charge in [0.05, 0.1) is 13.2 Å². The lowest BCUT2D eigenvalue weighted by Gasteiger charge is -2.13. The van der Waals surface area contributed by atoms with Crippen molar-refractivity contribution >= 4 is 16.7 Å². The van der Waals surface area contributed by atoms with Crippen LogP contribution in [0, 0.1) is 0 Å². The van der Waals surface area contributed by atoms with Gasteiger partial charge in [0.2, 0.25) is 0 Å². The molecule has 0 radical (unpaired) electrons. The zero-order valence-electron chi connectivity index (χ0n) is 13.7. The maximum absolute atomic E-state index is 12.9. The van der Waals surface area contributed by atoms with Crippen molar-refractivity contribution in [3.63, 3.8) is 0 Å². The van der Waals surface area contributed by atoms with Crippen molar-refractivity contribution in [3.8, 4) is 0 Å². The van der Waals surface area contributed by atoms with Gasteiger partial charge in [-0.05, 0) is 23.1 Å². The second-order valence-corrected chi connectivity index (χ2v) is 5.71. The number of nitrogens with zero attached hydrogens (tertiary/aromatic N) is 1. The summed E-state index contributed by atoms with van der Waals surface area (Å²) in [6, 6.07) is 14.4. The van der Waals surface area contributed by atoms with Crippen molar-refractivity contribution in [3.05, 3.63) is 81.8 Å². The molecule has 0 saturated heterocycles. The number of hydroxylamine groups is 1. The van der Waals surface area contributed by atoms with E-state index in [0.29, 0.717) is 18.5 Å². The van der Waals surface area contributed by atoms with Crippen molar-refractivity contribution in [2.75, 3.05) is 7.11 Å². The molecule has 0 aliphatic rings. The molecule has 6 heteroatoms. The molecule has 25 heavy (non-hydrogen) atoms. The number of rotatable bonds is 5. The minimum atomic E-state index is -0.659. The summed E-state index contributed by atoms with van der Waals surface area (Å²) < 4.78 is 6.85. The lowest BCUT2D eigenvalue weighted by Crippen LogP contribution is -2.23. The van der Waals surface area contributed by atoms with Crippen LogP contribution in [0.4, 0.5) is 0 Å². The second kappa shape index (κ2) is 7.29. The van der Waals surface area contributed by atoms with E-state index >= 15 is 0 Å². The zero-order chi connectivity index (χ0) is 17.8. The Balaban J connectivity index is 2.18. The third kappa shape index (κ3) is 3.45. The van der Waals surface area contributed by atoms with Crippen molar-refractivity contribution in [2.24, 2.45) is 0 Å². The lowest BCUT2D eigenvalue weighted by molar-refractivity contribution is 0.0706. The average molecular weight is 338 g/mol. The Labute approximate surface area is 144 Å². The molecule has 0 atom stereocenters. The quantitative estimate of drug-likeness (QED) is 0.553. The second-order valence-electron chi connectivity index (χ2n) is 5.71. The van der Waals surface area contributed by atoms with Gasteiger partial charge >= 0.3 is 0 Å². The summed E-state index contributed by atoms with van der Waals surface area (Å²) >= 11 is 0. The monoisotopic (exact) mass is 338 g/mol. The van der Waals surface area contributed by atoms with Gasteiger partial charge in [0.1, 0.15) is 0 Å². The zero-order valence-corrected chi connectivity index (χ0v) is 13.7. The largest absolute Gasteiger partial charge is 0.380 e. The summed E-state index contributed by atoms with van der Waals surface area (Å²) in [4.78, 5) is 24.5. The number of ether oxygens (including phenoxy) is 1. The Morgan fingerprint density at radius 1 is 1.16 bits per heavy atom. The van der Waals surface area contributed by atoms with E-state index < -0.39 is 5.91 Å². The third-order valence-electron chi connectivity index (χ3n) is 4.03. The third-order valence-corrected chi connectivity index (χ3v) is 4.03. The van der Waals surface area contributed by atoms with Gasteiger partial charge in [-0.1, -0.05) is 36.4 Å². The summed E-state index contributed by atoms with van der Waals surface area (Å²) in [7, 11) is 1.59. The minimum Gasteiger partial charge on any atom is -0.380 e. The van der Waals surface area contributed by atoms with Crippen LogP contribution < -0.4 is 11.0 Å². The Morgan fingerprint density at radius 3 is 2.60 bits per heavy atom. The number of methoxy groups -OCH3 is 1. The molecule has 0 saturated carbocycles. The van der Waals surface area contributed by atoms with Crippen molar-refractivity contribution in [1.82, 2.24) is 10.0 Å². The molecule has 2 aromatic carbocycles. The highest BCUT2D eigenvalue weighted by Gasteiger charge is 2.12. The molecular weight excluding hydrogens is 320 g/mol. The fourth-order valence-electron chi connectivity index (χ4n) is 2.85. The van der Waals surface area contributed by atoms with Crippen LogP contribution in [0.1, 0.15) is 21.5 Å². The van der Waals surface area contributed by atoms with E-state index in [2.05, 4.69) is 0 Å². The molecule has 0 aliphatic carbocycles. The van der Waals surface area contributed by atoms with Crippen LogP contribution >= 0.6 is 0 Å². The first-order valence-corrected chi connectivity index (χ1v) is 7.77. The van der Waals surface area contributed by atoms with E-state index in [1.54, 1.807) is 35.5 Å². The SMILES string of the molecule is COCc1cn(Cc2ccccc2)c(=O)c2cc(C(=O)NO)ccc12. The highest BCUT2D eigenvalue weighted by molar-refractivity contribution is 5.98. The van der Waals surface area contributed by atoms with Gasteiger partial charge in [-0.15, -0.1) is 0 Å². The molecule has 3 aromatic rings. The Morgan fingerprint density at radius 2 is 1.92 bits per heavy atom. The Kier molecular flexibility index (Phi) is 4.92. The molecule has 1 aromatic heterocycles. The number of carbonyl (C=O) groups is 1. The molecule has 0 spiro atoms. The molecule has 3 rings (SSSR count). The van der Waals surface area contributed by atoms with Gasteiger partial charge in [-0.2, -0.15) is 0 Å². The van der Waals surface area contributed by atoms with E-state index in [9.17, 15) is 9.59 Å². The van der Waals surface area contributed by atoms with Crippen LogP contribution in [0.15, 0.2) is 59.5 Å². The summed E-state index contributed by atoms with van der Waals surface area (Å²) in [5.41, 5.74) is 3.45. The number of carbonyl (C=O) groups excluding carboxylic acids is 1. The smallest absolute Gasteiger partial charge is 0.274 e. The summed E-state index contributed by atoms with van der Waals surface area (Å²) in [5, 5.41) is 9.95. The van der Waals surface area contributed by atoms with E-state index in [-0.39, 0.29) is 11.1 Å². The summed E-state index contributed by atoms with van der Waals surface area (Å²) in [6.07, 6.45) is 1.78. The number of fused-ring (bicyclic) bond motifs is 1. The fraction of sp³-hybridized carbons (Fsp3) is 0.158. The van der Waals surface area contributed by atoms with Crippen molar-refractivity contribution < 1.29 is 14.7 Å². The topological polar surface area (TPSA) is 80.6 Å². The fourth-order valence-corrected chi connectivity index (χ4v) is 2.85. The van der Waals surface area contributed by atoms with Crippen LogP contribution in [-0.4, -0.2) is 22.8 Å². The predicted molar refractivity (Wildman–Crippen MR) is 93.7 cm³/mol. The molecule has 2 N–H and O–H groups in total. The highest BCUT2D eigenvalue weighted by atomic mass is 16.5. The van der Waals surface area contributed by atoms with E-state index in [1.165, 1.54) is 6.07 Å². The molecule has 1 heterocycles. The number of pyridine rings is 1.